The highest BCUT2D eigenvalue weighted by molar-refractivity contribution is 5.90. The summed E-state index contributed by atoms with van der Waals surface area (Å²) in [5.74, 6) is 2.46. The molecule has 2 aliphatic rings. The van der Waals surface area contributed by atoms with Gasteiger partial charge in [-0.1, -0.05) is 152 Å². The molecule has 50 heavy (non-hydrogen) atoms. The van der Waals surface area contributed by atoms with Crippen molar-refractivity contribution in [3.05, 3.63) is 204 Å². The summed E-state index contributed by atoms with van der Waals surface area (Å²) in [6.07, 6.45) is 0. The molecule has 2 heterocycles. The van der Waals surface area contributed by atoms with Gasteiger partial charge in [0.15, 0.2) is 5.82 Å². The van der Waals surface area contributed by atoms with E-state index in [1.165, 1.54) is 27.8 Å². The van der Waals surface area contributed by atoms with Crippen molar-refractivity contribution in [2.75, 3.05) is 0 Å². The molecule has 3 nitrogen and oxygen atoms in total. The van der Waals surface area contributed by atoms with Crippen molar-refractivity contribution in [3.8, 4) is 67.7 Å². The summed E-state index contributed by atoms with van der Waals surface area (Å²) in [5.41, 5.74) is 13.9. The molecule has 7 aromatic carbocycles. The highest BCUT2D eigenvalue weighted by Gasteiger charge is 2.51. The van der Waals surface area contributed by atoms with E-state index >= 15 is 0 Å². The fourth-order valence-corrected chi connectivity index (χ4v) is 7.96. The summed E-state index contributed by atoms with van der Waals surface area (Å²) in [4.78, 5) is 10.4. The van der Waals surface area contributed by atoms with E-state index in [9.17, 15) is 0 Å². The van der Waals surface area contributed by atoms with Crippen molar-refractivity contribution in [3.63, 3.8) is 0 Å². The maximum absolute atomic E-state index is 6.56. The van der Waals surface area contributed by atoms with Gasteiger partial charge in [0.2, 0.25) is 0 Å². The molecule has 0 saturated heterocycles. The van der Waals surface area contributed by atoms with Crippen molar-refractivity contribution >= 4 is 0 Å². The quantitative estimate of drug-likeness (QED) is 0.192. The lowest BCUT2D eigenvalue weighted by Gasteiger charge is -2.39. The number of nitrogens with zero attached hydrogens (tertiary/aromatic N) is 2. The topological polar surface area (TPSA) is 35.0 Å². The van der Waals surface area contributed by atoms with E-state index in [0.29, 0.717) is 5.82 Å². The molecule has 1 aromatic heterocycles. The van der Waals surface area contributed by atoms with Gasteiger partial charge < -0.3 is 4.74 Å². The van der Waals surface area contributed by atoms with Crippen LogP contribution in [0.5, 0.6) is 11.5 Å². The van der Waals surface area contributed by atoms with Crippen molar-refractivity contribution < 1.29 is 4.74 Å². The van der Waals surface area contributed by atoms with Gasteiger partial charge in [0.25, 0.3) is 0 Å². The molecular formula is C47H30N2O. The van der Waals surface area contributed by atoms with Crippen LogP contribution in [0.25, 0.3) is 56.2 Å². The van der Waals surface area contributed by atoms with Crippen LogP contribution in [0.15, 0.2) is 182 Å². The lowest BCUT2D eigenvalue weighted by molar-refractivity contribution is 0.436. The highest BCUT2D eigenvalue weighted by atomic mass is 16.5. The Morgan fingerprint density at radius 3 is 1.56 bits per heavy atom. The second-order valence-electron chi connectivity index (χ2n) is 12.9. The zero-order valence-corrected chi connectivity index (χ0v) is 27.1. The Balaban J connectivity index is 1.21. The predicted octanol–water partition coefficient (Wildman–Crippen LogP) is 11.6. The first-order chi connectivity index (χ1) is 24.8. The third kappa shape index (κ3) is 4.30. The minimum Gasteiger partial charge on any atom is -0.457 e. The SMILES string of the molecule is c1ccc(-c2cccc(-c3cc(-c4ccc5c(c4)C4(c6ccccc6Oc6ccccc64)c4ccccc4-5)nc(-c4ccccc4)n3)c2)cc1. The lowest BCUT2D eigenvalue weighted by atomic mass is 9.66. The van der Waals surface area contributed by atoms with E-state index in [4.69, 9.17) is 14.7 Å². The molecule has 0 amide bonds. The Hall–Kier alpha value is -6.58. The molecule has 0 unspecified atom stereocenters. The van der Waals surface area contributed by atoms with Crippen LogP contribution in [0, 0.1) is 0 Å². The standard InChI is InChI=1S/C47H30N2O/c1-3-14-31(15-4-1)33-18-13-19-34(28-33)42-30-43(49-46(48-42)32-16-5-2-6-17-32)35-26-27-37-36-20-7-8-21-38(36)47(41(37)29-35)39-22-9-11-24-44(39)50-45-25-12-10-23-40(45)47/h1-30H. The fraction of sp³-hybridized carbons (Fsp3) is 0.0213. The van der Waals surface area contributed by atoms with Crippen LogP contribution in [-0.4, -0.2) is 9.97 Å². The van der Waals surface area contributed by atoms with Gasteiger partial charge in [-0.15, -0.1) is 0 Å². The van der Waals surface area contributed by atoms with Gasteiger partial charge >= 0.3 is 0 Å². The molecule has 8 aromatic rings. The van der Waals surface area contributed by atoms with Gasteiger partial charge in [-0.2, -0.15) is 0 Å². The maximum atomic E-state index is 6.56. The summed E-state index contributed by atoms with van der Waals surface area (Å²) in [7, 11) is 0. The number of benzene rings is 7. The van der Waals surface area contributed by atoms with Crippen molar-refractivity contribution in [2.24, 2.45) is 0 Å². The van der Waals surface area contributed by atoms with Crippen LogP contribution in [-0.2, 0) is 5.41 Å². The molecule has 0 N–H and O–H groups in total. The first kappa shape index (κ1) is 28.4. The normalized spacial score (nSPS) is 13.1. The third-order valence-corrected chi connectivity index (χ3v) is 10.2. The number of fused-ring (bicyclic) bond motifs is 9. The lowest BCUT2D eigenvalue weighted by Crippen LogP contribution is -2.32. The molecule has 234 valence electrons. The van der Waals surface area contributed by atoms with Crippen LogP contribution in [0.1, 0.15) is 22.3 Å². The first-order valence-corrected chi connectivity index (χ1v) is 17.0. The van der Waals surface area contributed by atoms with Gasteiger partial charge in [-0.05, 0) is 63.7 Å². The molecule has 0 fully saturated rings. The molecular weight excluding hydrogens is 609 g/mol. The molecule has 1 spiro atoms. The third-order valence-electron chi connectivity index (χ3n) is 10.2. The largest absolute Gasteiger partial charge is 0.457 e. The second kappa shape index (κ2) is 11.3. The van der Waals surface area contributed by atoms with Gasteiger partial charge in [0.05, 0.1) is 16.8 Å². The van der Waals surface area contributed by atoms with E-state index in [-0.39, 0.29) is 0 Å². The summed E-state index contributed by atoms with van der Waals surface area (Å²) < 4.78 is 6.56. The number of aromatic nitrogens is 2. The molecule has 10 rings (SSSR count). The smallest absolute Gasteiger partial charge is 0.160 e. The zero-order chi connectivity index (χ0) is 33.1. The Morgan fingerprint density at radius 1 is 0.340 bits per heavy atom. The van der Waals surface area contributed by atoms with E-state index in [0.717, 1.165) is 56.3 Å². The molecule has 0 radical (unpaired) electrons. The van der Waals surface area contributed by atoms with Crippen molar-refractivity contribution in [2.45, 2.75) is 5.41 Å². The van der Waals surface area contributed by atoms with Gasteiger partial charge in [0, 0.05) is 27.8 Å². The van der Waals surface area contributed by atoms with E-state index < -0.39 is 5.41 Å². The molecule has 0 atom stereocenters. The fourth-order valence-electron chi connectivity index (χ4n) is 7.96. The zero-order valence-electron chi connectivity index (χ0n) is 27.1. The van der Waals surface area contributed by atoms with E-state index in [1.54, 1.807) is 0 Å². The van der Waals surface area contributed by atoms with Crippen LogP contribution in [0.2, 0.25) is 0 Å². The minimum absolute atomic E-state index is 0.546. The molecule has 1 aliphatic heterocycles. The summed E-state index contributed by atoms with van der Waals surface area (Å²) in [5, 5.41) is 0. The highest BCUT2D eigenvalue weighted by Crippen LogP contribution is 2.62. The molecule has 1 aliphatic carbocycles. The average molecular weight is 639 g/mol. The molecule has 3 heteroatoms. The van der Waals surface area contributed by atoms with Crippen molar-refractivity contribution in [1.29, 1.82) is 0 Å². The van der Waals surface area contributed by atoms with Gasteiger partial charge in [-0.25, -0.2) is 9.97 Å². The average Bonchev–Trinajstić information content (AvgIpc) is 3.48. The van der Waals surface area contributed by atoms with Gasteiger partial charge in [0.1, 0.15) is 11.5 Å². The maximum Gasteiger partial charge on any atom is 0.160 e. The summed E-state index contributed by atoms with van der Waals surface area (Å²) in [6.45, 7) is 0. The van der Waals surface area contributed by atoms with E-state index in [1.807, 2.05) is 24.3 Å². The number of ether oxygens (including phenoxy) is 1. The Labute approximate surface area is 291 Å². The summed E-state index contributed by atoms with van der Waals surface area (Å²) >= 11 is 0. The first-order valence-electron chi connectivity index (χ1n) is 17.0. The Kier molecular flexibility index (Phi) is 6.40. The van der Waals surface area contributed by atoms with Crippen LogP contribution < -0.4 is 4.74 Å². The Bertz CT molecular complexity index is 2530. The second-order valence-corrected chi connectivity index (χ2v) is 12.9. The monoisotopic (exact) mass is 638 g/mol. The van der Waals surface area contributed by atoms with Crippen LogP contribution >= 0.6 is 0 Å². The van der Waals surface area contributed by atoms with E-state index in [2.05, 4.69) is 158 Å². The summed E-state index contributed by atoms with van der Waals surface area (Å²) in [6, 6.07) is 64.1. The molecule has 0 bridgehead atoms. The number of rotatable bonds is 4. The predicted molar refractivity (Wildman–Crippen MR) is 201 cm³/mol. The van der Waals surface area contributed by atoms with Gasteiger partial charge in [-0.3, -0.25) is 0 Å². The number of hydrogen-bond acceptors (Lipinski definition) is 3. The van der Waals surface area contributed by atoms with Crippen LogP contribution in [0.4, 0.5) is 0 Å². The number of hydrogen-bond donors (Lipinski definition) is 0. The van der Waals surface area contributed by atoms with Crippen molar-refractivity contribution in [1.82, 2.24) is 9.97 Å². The minimum atomic E-state index is -0.546. The van der Waals surface area contributed by atoms with Crippen LogP contribution in [0.3, 0.4) is 0 Å². The Morgan fingerprint density at radius 2 is 0.860 bits per heavy atom. The number of para-hydroxylation sites is 2. The molecule has 0 saturated carbocycles.